The second-order valence-corrected chi connectivity index (χ2v) is 5.28. The first-order valence-corrected chi connectivity index (χ1v) is 7.21. The zero-order valence-electron chi connectivity index (χ0n) is 13.7. The fourth-order valence-electron chi connectivity index (χ4n) is 2.42. The Morgan fingerprint density at radius 2 is 1.96 bits per heavy atom. The molecule has 3 aromatic heterocycles. The van der Waals surface area contributed by atoms with Crippen molar-refractivity contribution in [2.75, 3.05) is 7.11 Å². The van der Waals surface area contributed by atoms with Crippen LogP contribution in [0.4, 0.5) is 13.2 Å². The number of carbonyl (C=O) groups is 1. The quantitative estimate of drug-likeness (QED) is 0.759. The maximum absolute atomic E-state index is 13.4. The first kappa shape index (κ1) is 17.5. The summed E-state index contributed by atoms with van der Waals surface area (Å²) >= 11 is 0. The number of ether oxygens (including phenoxy) is 1. The standard InChI is InChI=1S/C15H13F3N6O2/c1-23-10(6-21-14(23)13(19)25)9-7-24(22-12(9)15(16,17)18)8-3-4-11(26-2)20-5-8/h3-7H,1-2H3,(H2,19,25). The minimum atomic E-state index is -4.71. The van der Waals surface area contributed by atoms with Crippen LogP contribution in [0.2, 0.25) is 0 Å². The van der Waals surface area contributed by atoms with Gasteiger partial charge in [0.2, 0.25) is 5.88 Å². The number of halogens is 3. The first-order valence-electron chi connectivity index (χ1n) is 7.21. The number of nitrogens with zero attached hydrogens (tertiary/aromatic N) is 5. The van der Waals surface area contributed by atoms with E-state index in [9.17, 15) is 18.0 Å². The normalized spacial score (nSPS) is 11.6. The van der Waals surface area contributed by atoms with Crippen LogP contribution in [0.1, 0.15) is 16.3 Å². The lowest BCUT2D eigenvalue weighted by Crippen LogP contribution is -2.17. The van der Waals surface area contributed by atoms with Crippen molar-refractivity contribution in [1.29, 1.82) is 0 Å². The van der Waals surface area contributed by atoms with Crippen LogP contribution in [-0.4, -0.2) is 37.3 Å². The maximum Gasteiger partial charge on any atom is 0.435 e. The molecule has 3 rings (SSSR count). The van der Waals surface area contributed by atoms with E-state index in [0.29, 0.717) is 11.6 Å². The molecule has 8 nitrogen and oxygen atoms in total. The molecular formula is C15H13F3N6O2. The fourth-order valence-corrected chi connectivity index (χ4v) is 2.42. The van der Waals surface area contributed by atoms with Gasteiger partial charge in [-0.3, -0.25) is 4.79 Å². The van der Waals surface area contributed by atoms with Crippen LogP contribution in [0.15, 0.2) is 30.7 Å². The van der Waals surface area contributed by atoms with Gasteiger partial charge >= 0.3 is 6.18 Å². The lowest BCUT2D eigenvalue weighted by atomic mass is 10.2. The fraction of sp³-hybridized carbons (Fsp3) is 0.200. The molecule has 11 heteroatoms. The number of hydrogen-bond acceptors (Lipinski definition) is 5. The van der Waals surface area contributed by atoms with Crippen LogP contribution in [0.3, 0.4) is 0 Å². The van der Waals surface area contributed by atoms with Crippen molar-refractivity contribution >= 4 is 5.91 Å². The van der Waals surface area contributed by atoms with E-state index in [0.717, 1.165) is 10.9 Å². The highest BCUT2D eigenvalue weighted by molar-refractivity contribution is 5.90. The minimum Gasteiger partial charge on any atom is -0.481 e. The third kappa shape index (κ3) is 2.98. The largest absolute Gasteiger partial charge is 0.481 e. The molecule has 1 amide bonds. The second kappa shape index (κ2) is 6.17. The number of methoxy groups -OCH3 is 1. The predicted molar refractivity (Wildman–Crippen MR) is 83.6 cm³/mol. The van der Waals surface area contributed by atoms with E-state index < -0.39 is 17.8 Å². The minimum absolute atomic E-state index is 0.0545. The first-order chi connectivity index (χ1) is 12.2. The van der Waals surface area contributed by atoms with Crippen molar-refractivity contribution in [2.45, 2.75) is 6.18 Å². The number of hydrogen-bond donors (Lipinski definition) is 1. The van der Waals surface area contributed by atoms with Gasteiger partial charge in [0.1, 0.15) is 0 Å². The van der Waals surface area contributed by atoms with Gasteiger partial charge in [0, 0.05) is 19.3 Å². The number of carbonyl (C=O) groups excluding carboxylic acids is 1. The molecule has 136 valence electrons. The van der Waals surface area contributed by atoms with E-state index in [1.54, 1.807) is 0 Å². The van der Waals surface area contributed by atoms with E-state index in [1.807, 2.05) is 0 Å². The average Bonchev–Trinajstić information content (AvgIpc) is 3.18. The maximum atomic E-state index is 13.4. The molecule has 3 aromatic rings. The smallest absolute Gasteiger partial charge is 0.435 e. The molecule has 0 aromatic carbocycles. The van der Waals surface area contributed by atoms with Crippen LogP contribution in [0.25, 0.3) is 16.9 Å². The molecule has 0 spiro atoms. The summed E-state index contributed by atoms with van der Waals surface area (Å²) in [6.45, 7) is 0. The summed E-state index contributed by atoms with van der Waals surface area (Å²) < 4.78 is 47.5. The number of alkyl halides is 3. The molecule has 3 heterocycles. The summed E-state index contributed by atoms with van der Waals surface area (Å²) in [4.78, 5) is 19.0. The molecule has 0 aliphatic rings. The Labute approximate surface area is 145 Å². The number of imidazole rings is 1. The van der Waals surface area contributed by atoms with Gasteiger partial charge in [0.15, 0.2) is 11.5 Å². The Bertz CT molecular complexity index is 959. The summed E-state index contributed by atoms with van der Waals surface area (Å²) in [5, 5.41) is 3.63. The summed E-state index contributed by atoms with van der Waals surface area (Å²) in [6.07, 6.45) is -1.05. The summed E-state index contributed by atoms with van der Waals surface area (Å²) in [6, 6.07) is 3.01. The molecule has 0 radical (unpaired) electrons. The molecular weight excluding hydrogens is 353 g/mol. The van der Waals surface area contributed by atoms with Crippen molar-refractivity contribution in [3.05, 3.63) is 42.2 Å². The molecule has 0 atom stereocenters. The van der Waals surface area contributed by atoms with E-state index >= 15 is 0 Å². The SMILES string of the molecule is COc1ccc(-n2cc(-c3cnc(C(N)=O)n3C)c(C(F)(F)F)n2)cn1. The molecule has 0 unspecified atom stereocenters. The van der Waals surface area contributed by atoms with Gasteiger partial charge in [-0.25, -0.2) is 14.6 Å². The number of primary amides is 1. The lowest BCUT2D eigenvalue weighted by Gasteiger charge is -2.07. The van der Waals surface area contributed by atoms with E-state index in [-0.39, 0.29) is 17.1 Å². The second-order valence-electron chi connectivity index (χ2n) is 5.28. The Hall–Kier alpha value is -3.37. The van der Waals surface area contributed by atoms with Crippen LogP contribution < -0.4 is 10.5 Å². The van der Waals surface area contributed by atoms with Crippen LogP contribution in [0.5, 0.6) is 5.88 Å². The zero-order valence-corrected chi connectivity index (χ0v) is 13.7. The zero-order chi connectivity index (χ0) is 19.1. The number of nitrogens with two attached hydrogens (primary N) is 1. The summed E-state index contributed by atoms with van der Waals surface area (Å²) in [5.41, 5.74) is 4.17. The Balaban J connectivity index is 2.15. The number of aromatic nitrogens is 5. The predicted octanol–water partition coefficient (Wildman–Crippen LogP) is 1.79. The Kier molecular flexibility index (Phi) is 4.14. The van der Waals surface area contributed by atoms with E-state index in [1.165, 1.54) is 43.3 Å². The summed E-state index contributed by atoms with van der Waals surface area (Å²) in [7, 11) is 2.82. The van der Waals surface area contributed by atoms with Crippen molar-refractivity contribution < 1.29 is 22.7 Å². The molecule has 0 saturated carbocycles. The van der Waals surface area contributed by atoms with Gasteiger partial charge in [-0.15, -0.1) is 0 Å². The lowest BCUT2D eigenvalue weighted by molar-refractivity contribution is -0.140. The molecule has 0 bridgehead atoms. The van der Waals surface area contributed by atoms with Crippen LogP contribution >= 0.6 is 0 Å². The van der Waals surface area contributed by atoms with Gasteiger partial charge in [0.25, 0.3) is 5.91 Å². The van der Waals surface area contributed by atoms with Gasteiger partial charge in [-0.05, 0) is 6.07 Å². The third-order valence-electron chi connectivity index (χ3n) is 3.66. The molecule has 2 N–H and O–H groups in total. The van der Waals surface area contributed by atoms with Gasteiger partial charge in [-0.1, -0.05) is 0 Å². The number of rotatable bonds is 4. The van der Waals surface area contributed by atoms with Gasteiger partial charge in [-0.2, -0.15) is 18.3 Å². The monoisotopic (exact) mass is 366 g/mol. The topological polar surface area (TPSA) is 101 Å². The molecule has 0 saturated heterocycles. The van der Waals surface area contributed by atoms with E-state index in [4.69, 9.17) is 10.5 Å². The molecule has 0 fully saturated rings. The molecule has 0 aliphatic heterocycles. The highest BCUT2D eigenvalue weighted by Crippen LogP contribution is 2.36. The Morgan fingerprint density at radius 3 is 2.46 bits per heavy atom. The van der Waals surface area contributed by atoms with Crippen molar-refractivity contribution in [2.24, 2.45) is 12.8 Å². The van der Waals surface area contributed by atoms with Crippen molar-refractivity contribution in [3.8, 4) is 22.8 Å². The highest BCUT2D eigenvalue weighted by Gasteiger charge is 2.38. The van der Waals surface area contributed by atoms with Gasteiger partial charge < -0.3 is 15.0 Å². The van der Waals surface area contributed by atoms with Crippen molar-refractivity contribution in [1.82, 2.24) is 24.3 Å². The third-order valence-corrected chi connectivity index (χ3v) is 3.66. The molecule has 0 aliphatic carbocycles. The van der Waals surface area contributed by atoms with Crippen LogP contribution in [0, 0.1) is 0 Å². The van der Waals surface area contributed by atoms with Gasteiger partial charge in [0.05, 0.1) is 36.4 Å². The Morgan fingerprint density at radius 1 is 1.23 bits per heavy atom. The van der Waals surface area contributed by atoms with Crippen molar-refractivity contribution in [3.63, 3.8) is 0 Å². The molecule has 26 heavy (non-hydrogen) atoms. The highest BCUT2D eigenvalue weighted by atomic mass is 19.4. The summed E-state index contributed by atoms with van der Waals surface area (Å²) in [5.74, 6) is -0.694. The number of pyridine rings is 1. The van der Waals surface area contributed by atoms with Crippen LogP contribution in [-0.2, 0) is 13.2 Å². The van der Waals surface area contributed by atoms with E-state index in [2.05, 4.69) is 15.1 Å². The average molecular weight is 366 g/mol. The number of amides is 1.